The number of halogens is 1. The lowest BCUT2D eigenvalue weighted by atomic mass is 10.0. The Bertz CT molecular complexity index is 471. The average Bonchev–Trinajstić information content (AvgIpc) is 2.40. The summed E-state index contributed by atoms with van der Waals surface area (Å²) in [7, 11) is 0. The Hall–Kier alpha value is -1.53. The molecule has 0 radical (unpaired) electrons. The fourth-order valence-corrected chi connectivity index (χ4v) is 2.01. The molecule has 0 aliphatic heterocycles. The molecule has 0 saturated heterocycles. The second kappa shape index (κ2) is 6.27. The van der Waals surface area contributed by atoms with E-state index < -0.39 is 0 Å². The summed E-state index contributed by atoms with van der Waals surface area (Å²) in [5.41, 5.74) is 3.75. The first-order valence-corrected chi connectivity index (χ1v) is 6.30. The zero-order valence-corrected chi connectivity index (χ0v) is 10.4. The standard InChI is InChI=1S/C16H15Cl/c17-12-11-16(15-9-5-2-6-10-15)13-14-7-3-1-4-8-14/h1-10,13H,11-12H2/b16-13-. The monoisotopic (exact) mass is 242 g/mol. The van der Waals surface area contributed by atoms with E-state index >= 15 is 0 Å². The molecular weight excluding hydrogens is 228 g/mol. The molecule has 2 rings (SSSR count). The van der Waals surface area contributed by atoms with Gasteiger partial charge in [-0.1, -0.05) is 66.7 Å². The largest absolute Gasteiger partial charge is 0.126 e. The van der Waals surface area contributed by atoms with Gasteiger partial charge >= 0.3 is 0 Å². The molecular formula is C16H15Cl. The molecule has 1 heteroatoms. The van der Waals surface area contributed by atoms with Crippen LogP contribution in [0.15, 0.2) is 60.7 Å². The Balaban J connectivity index is 2.33. The van der Waals surface area contributed by atoms with E-state index in [1.54, 1.807) is 0 Å². The van der Waals surface area contributed by atoms with Gasteiger partial charge in [-0.3, -0.25) is 0 Å². The van der Waals surface area contributed by atoms with Gasteiger partial charge in [-0.2, -0.15) is 0 Å². The smallest absolute Gasteiger partial charge is 0.0264 e. The van der Waals surface area contributed by atoms with Crippen LogP contribution in [-0.2, 0) is 0 Å². The zero-order valence-electron chi connectivity index (χ0n) is 9.64. The highest BCUT2D eigenvalue weighted by Crippen LogP contribution is 2.21. The SMILES string of the molecule is ClCC/C(=C/c1ccccc1)c1ccccc1. The first-order chi connectivity index (χ1) is 8.40. The maximum atomic E-state index is 5.87. The Morgan fingerprint density at radius 2 is 1.47 bits per heavy atom. The van der Waals surface area contributed by atoms with Crippen molar-refractivity contribution in [2.24, 2.45) is 0 Å². The molecule has 0 aliphatic rings. The molecule has 0 nitrogen and oxygen atoms in total. The van der Waals surface area contributed by atoms with E-state index in [2.05, 4.69) is 54.6 Å². The number of allylic oxidation sites excluding steroid dienone is 1. The van der Waals surface area contributed by atoms with Crippen LogP contribution in [0.1, 0.15) is 17.5 Å². The molecule has 2 aromatic rings. The Morgan fingerprint density at radius 3 is 2.06 bits per heavy atom. The molecule has 0 aromatic heterocycles. The van der Waals surface area contributed by atoms with Crippen LogP contribution in [0.2, 0.25) is 0 Å². The van der Waals surface area contributed by atoms with E-state index in [1.165, 1.54) is 16.7 Å². The Kier molecular flexibility index (Phi) is 4.40. The fourth-order valence-electron chi connectivity index (χ4n) is 1.80. The molecule has 0 N–H and O–H groups in total. The van der Waals surface area contributed by atoms with Gasteiger partial charge in [-0.15, -0.1) is 11.6 Å². The highest BCUT2D eigenvalue weighted by Gasteiger charge is 2.00. The molecule has 0 saturated carbocycles. The third-order valence-electron chi connectivity index (χ3n) is 2.65. The van der Waals surface area contributed by atoms with Crippen LogP contribution in [0.3, 0.4) is 0 Å². The molecule has 0 amide bonds. The van der Waals surface area contributed by atoms with Gasteiger partial charge in [-0.25, -0.2) is 0 Å². The molecule has 0 heterocycles. The highest BCUT2D eigenvalue weighted by atomic mass is 35.5. The summed E-state index contributed by atoms with van der Waals surface area (Å²) in [6.45, 7) is 0. The van der Waals surface area contributed by atoms with E-state index in [0.717, 1.165) is 6.42 Å². The van der Waals surface area contributed by atoms with E-state index in [-0.39, 0.29) is 0 Å². The zero-order chi connectivity index (χ0) is 11.9. The van der Waals surface area contributed by atoms with Crippen molar-refractivity contribution in [3.05, 3.63) is 71.8 Å². The first kappa shape index (κ1) is 11.9. The van der Waals surface area contributed by atoms with Gasteiger partial charge in [0.05, 0.1) is 0 Å². The minimum Gasteiger partial charge on any atom is -0.126 e. The summed E-state index contributed by atoms with van der Waals surface area (Å²) in [5, 5.41) is 0. The minimum atomic E-state index is 0.646. The van der Waals surface area contributed by atoms with Gasteiger partial charge in [0.2, 0.25) is 0 Å². The van der Waals surface area contributed by atoms with Crippen molar-refractivity contribution < 1.29 is 0 Å². The average molecular weight is 243 g/mol. The molecule has 17 heavy (non-hydrogen) atoms. The van der Waals surface area contributed by atoms with Crippen molar-refractivity contribution in [1.82, 2.24) is 0 Å². The van der Waals surface area contributed by atoms with Crippen LogP contribution >= 0.6 is 11.6 Å². The van der Waals surface area contributed by atoms with Crippen LogP contribution in [-0.4, -0.2) is 5.88 Å². The molecule has 0 fully saturated rings. The van der Waals surface area contributed by atoms with Gasteiger partial charge < -0.3 is 0 Å². The second-order valence-corrected chi connectivity index (χ2v) is 4.26. The van der Waals surface area contributed by atoms with Crippen LogP contribution in [0, 0.1) is 0 Å². The maximum absolute atomic E-state index is 5.87. The Labute approximate surface area is 108 Å². The molecule has 2 aromatic carbocycles. The van der Waals surface area contributed by atoms with Crippen molar-refractivity contribution in [3.8, 4) is 0 Å². The highest BCUT2D eigenvalue weighted by molar-refractivity contribution is 6.18. The predicted molar refractivity (Wildman–Crippen MR) is 76.1 cm³/mol. The molecule has 0 unspecified atom stereocenters. The first-order valence-electron chi connectivity index (χ1n) is 5.77. The van der Waals surface area contributed by atoms with Crippen LogP contribution in [0.4, 0.5) is 0 Å². The van der Waals surface area contributed by atoms with Crippen molar-refractivity contribution >= 4 is 23.3 Å². The van der Waals surface area contributed by atoms with Crippen LogP contribution in [0.25, 0.3) is 11.6 Å². The topological polar surface area (TPSA) is 0 Å². The third-order valence-corrected chi connectivity index (χ3v) is 2.84. The van der Waals surface area contributed by atoms with Gasteiger partial charge in [0.15, 0.2) is 0 Å². The van der Waals surface area contributed by atoms with Crippen molar-refractivity contribution in [2.45, 2.75) is 6.42 Å². The van der Waals surface area contributed by atoms with Gasteiger partial charge in [0.1, 0.15) is 0 Å². The lowest BCUT2D eigenvalue weighted by Gasteiger charge is -2.06. The predicted octanol–water partition coefficient (Wildman–Crippen LogP) is 4.86. The normalized spacial score (nSPS) is 11.5. The van der Waals surface area contributed by atoms with Gasteiger partial charge in [0.25, 0.3) is 0 Å². The minimum absolute atomic E-state index is 0.646. The lowest BCUT2D eigenvalue weighted by molar-refractivity contribution is 1.26. The van der Waals surface area contributed by atoms with Gasteiger partial charge in [-0.05, 0) is 23.1 Å². The van der Waals surface area contributed by atoms with Crippen molar-refractivity contribution in [1.29, 1.82) is 0 Å². The molecule has 0 aliphatic carbocycles. The second-order valence-electron chi connectivity index (χ2n) is 3.89. The third kappa shape index (κ3) is 3.47. The summed E-state index contributed by atoms with van der Waals surface area (Å²) in [4.78, 5) is 0. The number of benzene rings is 2. The number of alkyl halides is 1. The summed E-state index contributed by atoms with van der Waals surface area (Å²) >= 11 is 5.87. The van der Waals surface area contributed by atoms with E-state index in [4.69, 9.17) is 11.6 Å². The Morgan fingerprint density at radius 1 is 0.882 bits per heavy atom. The van der Waals surface area contributed by atoms with Gasteiger partial charge in [0, 0.05) is 5.88 Å². The quantitative estimate of drug-likeness (QED) is 0.531. The fraction of sp³-hybridized carbons (Fsp3) is 0.125. The summed E-state index contributed by atoms with van der Waals surface area (Å²) in [5.74, 6) is 0.646. The van der Waals surface area contributed by atoms with Crippen molar-refractivity contribution in [3.63, 3.8) is 0 Å². The molecule has 0 bridgehead atoms. The number of hydrogen-bond donors (Lipinski definition) is 0. The van der Waals surface area contributed by atoms with E-state index in [0.29, 0.717) is 5.88 Å². The van der Waals surface area contributed by atoms with E-state index in [9.17, 15) is 0 Å². The number of rotatable bonds is 4. The molecule has 0 spiro atoms. The summed E-state index contributed by atoms with van der Waals surface area (Å²) < 4.78 is 0. The molecule has 0 atom stereocenters. The van der Waals surface area contributed by atoms with Crippen LogP contribution in [0.5, 0.6) is 0 Å². The summed E-state index contributed by atoms with van der Waals surface area (Å²) in [6.07, 6.45) is 3.10. The number of hydrogen-bond acceptors (Lipinski definition) is 0. The summed E-state index contributed by atoms with van der Waals surface area (Å²) in [6, 6.07) is 20.7. The maximum Gasteiger partial charge on any atom is 0.0264 e. The lowest BCUT2D eigenvalue weighted by Crippen LogP contribution is -1.86. The molecule has 86 valence electrons. The van der Waals surface area contributed by atoms with E-state index in [1.807, 2.05) is 12.1 Å². The van der Waals surface area contributed by atoms with Crippen molar-refractivity contribution in [2.75, 3.05) is 5.88 Å². The van der Waals surface area contributed by atoms with Crippen LogP contribution < -0.4 is 0 Å².